The quantitative estimate of drug-likeness (QED) is 0.408. The van der Waals surface area contributed by atoms with Gasteiger partial charge in [-0.25, -0.2) is 0 Å². The highest BCUT2D eigenvalue weighted by atomic mass is 16.1. The second-order valence-corrected chi connectivity index (χ2v) is 7.57. The van der Waals surface area contributed by atoms with Gasteiger partial charge in [-0.1, -0.05) is 73.1 Å². The molecule has 1 aliphatic rings. The maximum absolute atomic E-state index is 11.5. The smallest absolute Gasteiger partial charge is 0.151 e. The molecule has 0 unspecified atom stereocenters. The molecule has 0 saturated heterocycles. The van der Waals surface area contributed by atoms with E-state index in [1.807, 2.05) is 18.2 Å². The Labute approximate surface area is 174 Å². The number of allylic oxidation sites excluding steroid dienone is 5. The van der Waals surface area contributed by atoms with Gasteiger partial charge in [-0.3, -0.25) is 9.69 Å². The van der Waals surface area contributed by atoms with Crippen molar-refractivity contribution in [2.24, 2.45) is 0 Å². The lowest BCUT2D eigenvalue weighted by atomic mass is 9.97. The van der Waals surface area contributed by atoms with Gasteiger partial charge < -0.3 is 0 Å². The van der Waals surface area contributed by atoms with Crippen LogP contribution >= 0.6 is 0 Å². The molecule has 0 spiro atoms. The predicted molar refractivity (Wildman–Crippen MR) is 123 cm³/mol. The van der Waals surface area contributed by atoms with Gasteiger partial charge in [0.05, 0.1) is 0 Å². The molecule has 0 bridgehead atoms. The molecule has 1 aliphatic carbocycles. The largest absolute Gasteiger partial charge is 0.299 e. The molecule has 0 atom stereocenters. The average Bonchev–Trinajstić information content (AvgIpc) is 3.01. The van der Waals surface area contributed by atoms with Gasteiger partial charge in [0.15, 0.2) is 6.29 Å². The third-order valence-corrected chi connectivity index (χ3v) is 5.38. The number of aryl methyl sites for hydroxylation is 1. The molecular weight excluding hydrogens is 354 g/mol. The number of aldehydes is 1. The average molecular weight is 384 g/mol. The lowest BCUT2D eigenvalue weighted by molar-refractivity contribution is 0.112. The summed E-state index contributed by atoms with van der Waals surface area (Å²) in [4.78, 5) is 14.0. The third-order valence-electron chi connectivity index (χ3n) is 5.38. The Morgan fingerprint density at radius 1 is 1.14 bits per heavy atom. The van der Waals surface area contributed by atoms with E-state index >= 15 is 0 Å². The van der Waals surface area contributed by atoms with Gasteiger partial charge >= 0.3 is 0 Å². The summed E-state index contributed by atoms with van der Waals surface area (Å²) in [5.74, 6) is 2.60. The van der Waals surface area contributed by atoms with Crippen LogP contribution in [0.2, 0.25) is 0 Å². The zero-order chi connectivity index (χ0) is 20.5. The van der Waals surface area contributed by atoms with Gasteiger partial charge in [0.25, 0.3) is 0 Å². The first-order chi connectivity index (χ1) is 14.2. The van der Waals surface area contributed by atoms with Gasteiger partial charge in [0.1, 0.15) is 0 Å². The van der Waals surface area contributed by atoms with Crippen LogP contribution in [0.1, 0.15) is 47.7 Å². The van der Waals surface area contributed by atoms with Crippen LogP contribution in [-0.4, -0.2) is 30.8 Å². The molecule has 2 aromatic rings. The van der Waals surface area contributed by atoms with Crippen molar-refractivity contribution in [1.29, 1.82) is 0 Å². The van der Waals surface area contributed by atoms with Crippen molar-refractivity contribution >= 4 is 17.1 Å². The number of nitrogens with zero attached hydrogens (tertiary/aromatic N) is 1. The van der Waals surface area contributed by atoms with E-state index in [2.05, 4.69) is 60.3 Å². The van der Waals surface area contributed by atoms with E-state index in [4.69, 9.17) is 6.42 Å². The lowest BCUT2D eigenvalue weighted by Crippen LogP contribution is -2.28. The summed E-state index contributed by atoms with van der Waals surface area (Å²) in [6.07, 6.45) is 21.6. The summed E-state index contributed by atoms with van der Waals surface area (Å²) in [7, 11) is 0. The lowest BCUT2D eigenvalue weighted by Gasteiger charge is -2.23. The van der Waals surface area contributed by atoms with Gasteiger partial charge in [0.2, 0.25) is 0 Å². The molecule has 3 rings (SSSR count). The second kappa shape index (κ2) is 10.6. The fourth-order valence-corrected chi connectivity index (χ4v) is 3.93. The minimum atomic E-state index is 0.616. The predicted octanol–water partition coefficient (Wildman–Crippen LogP) is 5.72. The number of hydrogen-bond acceptors (Lipinski definition) is 2. The molecule has 0 aliphatic heterocycles. The molecule has 148 valence electrons. The first-order valence-electron chi connectivity index (χ1n) is 10.5. The van der Waals surface area contributed by atoms with Crippen molar-refractivity contribution in [3.8, 4) is 12.3 Å². The van der Waals surface area contributed by atoms with Crippen molar-refractivity contribution in [3.63, 3.8) is 0 Å². The van der Waals surface area contributed by atoms with E-state index < -0.39 is 0 Å². The minimum Gasteiger partial charge on any atom is -0.299 e. The Balaban J connectivity index is 1.63. The molecule has 0 fully saturated rings. The van der Waals surface area contributed by atoms with Crippen LogP contribution in [0.4, 0.5) is 0 Å². The Morgan fingerprint density at radius 2 is 2.03 bits per heavy atom. The highest BCUT2D eigenvalue weighted by molar-refractivity contribution is 6.00. The summed E-state index contributed by atoms with van der Waals surface area (Å²) < 4.78 is 0. The number of rotatable bonds is 9. The third kappa shape index (κ3) is 5.56. The fourth-order valence-electron chi connectivity index (χ4n) is 3.93. The zero-order valence-electron chi connectivity index (χ0n) is 17.2. The maximum Gasteiger partial charge on any atom is 0.151 e. The van der Waals surface area contributed by atoms with Gasteiger partial charge in [-0.15, -0.1) is 6.42 Å². The van der Waals surface area contributed by atoms with Gasteiger partial charge in [0, 0.05) is 17.7 Å². The topological polar surface area (TPSA) is 20.3 Å². The second-order valence-electron chi connectivity index (χ2n) is 7.57. The Hall–Kier alpha value is -2.89. The zero-order valence-corrected chi connectivity index (χ0v) is 17.2. The first kappa shape index (κ1) is 20.8. The van der Waals surface area contributed by atoms with E-state index in [0.717, 1.165) is 56.0 Å². The number of carbonyl (C=O) groups is 1. The summed E-state index contributed by atoms with van der Waals surface area (Å²) >= 11 is 0. The van der Waals surface area contributed by atoms with Crippen LogP contribution in [0.3, 0.4) is 0 Å². The monoisotopic (exact) mass is 383 g/mol. The maximum atomic E-state index is 11.5. The molecular formula is C27H29NO. The summed E-state index contributed by atoms with van der Waals surface area (Å²) in [5, 5.41) is 2.02. The van der Waals surface area contributed by atoms with Crippen LogP contribution in [0.25, 0.3) is 10.8 Å². The number of benzene rings is 2. The van der Waals surface area contributed by atoms with E-state index in [9.17, 15) is 4.79 Å². The summed E-state index contributed by atoms with van der Waals surface area (Å²) in [6.45, 7) is 5.50. The number of carbonyl (C=O) groups excluding carboxylic acids is 1. The van der Waals surface area contributed by atoms with Crippen LogP contribution in [0.15, 0.2) is 66.3 Å². The van der Waals surface area contributed by atoms with Crippen LogP contribution in [-0.2, 0) is 6.42 Å². The van der Waals surface area contributed by atoms with Crippen molar-refractivity contribution in [1.82, 2.24) is 4.90 Å². The van der Waals surface area contributed by atoms with Gasteiger partial charge in [-0.2, -0.15) is 0 Å². The van der Waals surface area contributed by atoms with Crippen molar-refractivity contribution in [2.75, 3.05) is 19.6 Å². The molecule has 29 heavy (non-hydrogen) atoms. The fraction of sp³-hybridized carbons (Fsp3) is 0.296. The van der Waals surface area contributed by atoms with Crippen LogP contribution in [0.5, 0.6) is 0 Å². The van der Waals surface area contributed by atoms with E-state index in [1.165, 1.54) is 17.6 Å². The van der Waals surface area contributed by atoms with E-state index in [-0.39, 0.29) is 0 Å². The molecule has 0 amide bonds. The molecule has 0 aromatic heterocycles. The minimum absolute atomic E-state index is 0.616. The molecule has 0 N–H and O–H groups in total. The van der Waals surface area contributed by atoms with Gasteiger partial charge in [-0.05, 0) is 61.2 Å². The molecule has 0 saturated carbocycles. The standard InChI is InChI=1S/C27H29NO/c1-3-17-28(20-23-10-7-5-6-8-11-23)18-9-12-22-13-16-26-25(19-22)15-14-24(4-2)27(26)21-29/h2,5-8,10,13-16,19,21H,3,9,11-12,17-18,20H2,1H3. The summed E-state index contributed by atoms with van der Waals surface area (Å²) in [6, 6.07) is 10.2. The molecule has 0 radical (unpaired) electrons. The molecule has 2 heteroatoms. The van der Waals surface area contributed by atoms with E-state index in [0.29, 0.717) is 11.1 Å². The van der Waals surface area contributed by atoms with E-state index in [1.54, 1.807) is 0 Å². The van der Waals surface area contributed by atoms with Crippen LogP contribution in [0, 0.1) is 12.3 Å². The van der Waals surface area contributed by atoms with Crippen LogP contribution < -0.4 is 0 Å². The number of fused-ring (bicyclic) bond motifs is 1. The van der Waals surface area contributed by atoms with Crippen molar-refractivity contribution in [2.45, 2.75) is 32.6 Å². The normalized spacial score (nSPS) is 13.3. The highest BCUT2D eigenvalue weighted by Gasteiger charge is 2.09. The van der Waals surface area contributed by atoms with Crippen molar-refractivity contribution < 1.29 is 4.79 Å². The molecule has 0 heterocycles. The highest BCUT2D eigenvalue weighted by Crippen LogP contribution is 2.23. The SMILES string of the molecule is C#Cc1ccc2cc(CCCN(CCC)CC3=CC=CC=CC3)ccc2c1C=O. The van der Waals surface area contributed by atoms with Crippen molar-refractivity contribution in [3.05, 3.63) is 83.0 Å². The number of hydrogen-bond donors (Lipinski definition) is 0. The summed E-state index contributed by atoms with van der Waals surface area (Å²) in [5.41, 5.74) is 4.05. The Morgan fingerprint density at radius 3 is 2.83 bits per heavy atom. The number of terminal acetylenes is 1. The Kier molecular flexibility index (Phi) is 7.61. The molecule has 2 nitrogen and oxygen atoms in total. The molecule has 2 aromatic carbocycles. The first-order valence-corrected chi connectivity index (χ1v) is 10.5. The Bertz CT molecular complexity index is 988.